The van der Waals surface area contributed by atoms with E-state index < -0.39 is 24.0 Å². The highest BCUT2D eigenvalue weighted by Crippen LogP contribution is 2.32. The summed E-state index contributed by atoms with van der Waals surface area (Å²) in [4.78, 5) is 14.4. The van der Waals surface area contributed by atoms with E-state index in [1.54, 1.807) is 0 Å². The number of nitrogens with zero attached hydrogens (tertiary/aromatic N) is 1. The van der Waals surface area contributed by atoms with Crippen molar-refractivity contribution < 1.29 is 32.5 Å². The van der Waals surface area contributed by atoms with Crippen LogP contribution in [0, 0.1) is 3.57 Å². The van der Waals surface area contributed by atoms with Gasteiger partial charge in [-0.1, -0.05) is 0 Å². The smallest absolute Gasteiger partial charge is 0.506 e. The minimum Gasteiger partial charge on any atom is -0.506 e. The van der Waals surface area contributed by atoms with Crippen LogP contribution in [0.4, 0.5) is 13.2 Å². The first-order valence-corrected chi connectivity index (χ1v) is 5.51. The topological polar surface area (TPSA) is 68.7 Å². The summed E-state index contributed by atoms with van der Waals surface area (Å²) in [6, 6.07) is 0. The van der Waals surface area contributed by atoms with E-state index in [2.05, 4.69) is 14.5 Å². The molecule has 0 amide bonds. The van der Waals surface area contributed by atoms with Crippen LogP contribution in [0.1, 0.15) is 5.56 Å². The van der Waals surface area contributed by atoms with Gasteiger partial charge in [0.15, 0.2) is 0 Å². The van der Waals surface area contributed by atoms with E-state index >= 15 is 0 Å². The maximum atomic E-state index is 12.1. The van der Waals surface area contributed by atoms with Gasteiger partial charge in [-0.2, -0.15) is 0 Å². The molecule has 0 saturated carbocycles. The number of ether oxygens (including phenoxy) is 2. The second-order valence-electron chi connectivity index (χ2n) is 3.04. The number of aromatic nitrogens is 1. The normalized spacial score (nSPS) is 11.2. The lowest BCUT2D eigenvalue weighted by Crippen LogP contribution is -2.19. The number of rotatable bonds is 3. The van der Waals surface area contributed by atoms with Crippen molar-refractivity contribution in [3.05, 3.63) is 15.3 Å². The summed E-state index contributed by atoms with van der Waals surface area (Å²) in [5.74, 6) is -1.83. The van der Waals surface area contributed by atoms with Crippen LogP contribution in [0.2, 0.25) is 0 Å². The number of carbonyl (C=O) groups excluding carboxylic acids is 1. The Labute approximate surface area is 113 Å². The zero-order chi connectivity index (χ0) is 13.9. The molecule has 1 N–H and O–H groups in total. The van der Waals surface area contributed by atoms with Gasteiger partial charge in [0.1, 0.15) is 5.75 Å². The number of methoxy groups -OCH3 is 1. The Morgan fingerprint density at radius 2 is 2.17 bits per heavy atom. The van der Waals surface area contributed by atoms with E-state index in [9.17, 15) is 23.1 Å². The number of pyridine rings is 1. The third kappa shape index (κ3) is 3.89. The number of hydrogen-bond donors (Lipinski definition) is 1. The monoisotopic (exact) mass is 377 g/mol. The number of aromatic hydroxyl groups is 1. The predicted octanol–water partition coefficient (Wildman–Crippen LogP) is 2.01. The van der Waals surface area contributed by atoms with Gasteiger partial charge in [0.2, 0.25) is 5.88 Å². The Morgan fingerprint density at radius 3 is 2.67 bits per heavy atom. The van der Waals surface area contributed by atoms with Gasteiger partial charge in [-0.05, 0) is 22.6 Å². The summed E-state index contributed by atoms with van der Waals surface area (Å²) in [7, 11) is 1.13. The minimum atomic E-state index is -4.90. The quantitative estimate of drug-likeness (QED) is 0.645. The highest BCUT2D eigenvalue weighted by atomic mass is 127. The Balaban J connectivity index is 3.10. The van der Waals surface area contributed by atoms with E-state index in [0.717, 1.165) is 13.3 Å². The molecule has 0 bridgehead atoms. The van der Waals surface area contributed by atoms with Crippen molar-refractivity contribution in [2.75, 3.05) is 7.11 Å². The van der Waals surface area contributed by atoms with Crippen LogP contribution in [0.3, 0.4) is 0 Å². The minimum absolute atomic E-state index is 0.0308. The fraction of sp³-hybridized carbons (Fsp3) is 0.333. The van der Waals surface area contributed by atoms with Crippen LogP contribution in [-0.4, -0.2) is 29.5 Å². The van der Waals surface area contributed by atoms with Gasteiger partial charge >= 0.3 is 12.3 Å². The zero-order valence-electron chi connectivity index (χ0n) is 8.92. The molecule has 0 aliphatic rings. The summed E-state index contributed by atoms with van der Waals surface area (Å²) < 4.78 is 44.1. The Kier molecular flexibility index (Phi) is 4.59. The Morgan fingerprint density at radius 1 is 1.56 bits per heavy atom. The summed E-state index contributed by atoms with van der Waals surface area (Å²) >= 11 is 1.50. The largest absolute Gasteiger partial charge is 0.574 e. The van der Waals surface area contributed by atoms with Crippen molar-refractivity contribution in [1.29, 1.82) is 0 Å². The number of esters is 1. The summed E-state index contributed by atoms with van der Waals surface area (Å²) in [6.45, 7) is 0. The first-order chi connectivity index (χ1) is 8.24. The molecule has 100 valence electrons. The molecule has 9 heteroatoms. The van der Waals surface area contributed by atoms with Crippen molar-refractivity contribution >= 4 is 28.6 Å². The molecular weight excluding hydrogens is 370 g/mol. The lowest BCUT2D eigenvalue weighted by atomic mass is 10.2. The van der Waals surface area contributed by atoms with Gasteiger partial charge in [0, 0.05) is 5.56 Å². The van der Waals surface area contributed by atoms with Crippen LogP contribution in [0.25, 0.3) is 0 Å². The third-order valence-electron chi connectivity index (χ3n) is 1.83. The number of halogens is 4. The van der Waals surface area contributed by atoms with Gasteiger partial charge in [0.05, 0.1) is 23.3 Å². The maximum Gasteiger partial charge on any atom is 0.574 e. The molecule has 0 spiro atoms. The van der Waals surface area contributed by atoms with Crippen molar-refractivity contribution in [3.8, 4) is 11.6 Å². The molecule has 1 heterocycles. The van der Waals surface area contributed by atoms with Crippen LogP contribution < -0.4 is 4.74 Å². The van der Waals surface area contributed by atoms with E-state index in [1.165, 1.54) is 22.6 Å². The molecule has 1 rings (SSSR count). The molecular formula is C9H7F3INO4. The molecule has 0 aliphatic carbocycles. The van der Waals surface area contributed by atoms with Crippen molar-refractivity contribution in [2.45, 2.75) is 12.8 Å². The molecule has 0 saturated heterocycles. The molecule has 0 aromatic carbocycles. The summed E-state index contributed by atoms with van der Waals surface area (Å²) in [5, 5.41) is 9.45. The lowest BCUT2D eigenvalue weighted by molar-refractivity contribution is -0.276. The van der Waals surface area contributed by atoms with Crippen molar-refractivity contribution in [3.63, 3.8) is 0 Å². The van der Waals surface area contributed by atoms with E-state index in [4.69, 9.17) is 0 Å². The molecule has 18 heavy (non-hydrogen) atoms. The summed E-state index contributed by atoms with van der Waals surface area (Å²) in [5.41, 5.74) is -0.0308. The second kappa shape index (κ2) is 5.59. The van der Waals surface area contributed by atoms with Crippen LogP contribution in [-0.2, 0) is 16.0 Å². The van der Waals surface area contributed by atoms with Gasteiger partial charge in [0.25, 0.3) is 0 Å². The van der Waals surface area contributed by atoms with Crippen molar-refractivity contribution in [2.24, 2.45) is 0 Å². The van der Waals surface area contributed by atoms with Gasteiger partial charge in [-0.25, -0.2) is 4.98 Å². The van der Waals surface area contributed by atoms with E-state index in [0.29, 0.717) is 0 Å². The molecule has 5 nitrogen and oxygen atoms in total. The predicted molar refractivity (Wildman–Crippen MR) is 61.0 cm³/mol. The highest BCUT2D eigenvalue weighted by molar-refractivity contribution is 14.1. The fourth-order valence-corrected chi connectivity index (χ4v) is 1.78. The first-order valence-electron chi connectivity index (χ1n) is 4.43. The van der Waals surface area contributed by atoms with Crippen molar-refractivity contribution in [1.82, 2.24) is 4.98 Å². The standard InChI is InChI=1S/C9H7F3INO4/c1-17-6(16)2-4-5(15)3-14-8(7(4)13)18-9(10,11)12/h3,15H,2H2,1H3. The summed E-state index contributed by atoms with van der Waals surface area (Å²) in [6.07, 6.45) is -4.49. The average molecular weight is 377 g/mol. The lowest BCUT2D eigenvalue weighted by Gasteiger charge is -2.12. The van der Waals surface area contributed by atoms with Gasteiger partial charge in [-0.15, -0.1) is 13.2 Å². The zero-order valence-corrected chi connectivity index (χ0v) is 11.1. The number of alkyl halides is 3. The van der Waals surface area contributed by atoms with Crippen LogP contribution >= 0.6 is 22.6 Å². The molecule has 0 unspecified atom stereocenters. The molecule has 0 radical (unpaired) electrons. The Bertz CT molecular complexity index is 464. The van der Waals surface area contributed by atoms with Gasteiger partial charge in [-0.3, -0.25) is 4.79 Å². The molecule has 1 aromatic rings. The molecule has 0 fully saturated rings. The van der Waals surface area contributed by atoms with Gasteiger partial charge < -0.3 is 14.6 Å². The highest BCUT2D eigenvalue weighted by Gasteiger charge is 2.33. The fourth-order valence-electron chi connectivity index (χ4n) is 1.06. The van der Waals surface area contributed by atoms with E-state index in [-0.39, 0.29) is 15.6 Å². The second-order valence-corrected chi connectivity index (χ2v) is 4.12. The van der Waals surface area contributed by atoms with Crippen LogP contribution in [0.5, 0.6) is 11.6 Å². The van der Waals surface area contributed by atoms with E-state index in [1.807, 2.05) is 0 Å². The van der Waals surface area contributed by atoms with Crippen LogP contribution in [0.15, 0.2) is 6.20 Å². The molecule has 0 aliphatic heterocycles. The average Bonchev–Trinajstić information content (AvgIpc) is 2.26. The molecule has 1 aromatic heterocycles. The molecule has 0 atom stereocenters. The number of hydrogen-bond acceptors (Lipinski definition) is 5. The third-order valence-corrected chi connectivity index (χ3v) is 2.94. The maximum absolute atomic E-state index is 12.1. The number of carbonyl (C=O) groups is 1. The first kappa shape index (κ1) is 14.8. The Hall–Kier alpha value is -1.26. The SMILES string of the molecule is COC(=O)Cc1c(O)cnc(OC(F)(F)F)c1I.